The van der Waals surface area contributed by atoms with Gasteiger partial charge in [-0.25, -0.2) is 0 Å². The van der Waals surface area contributed by atoms with Crippen LogP contribution < -0.4 is 0 Å². The van der Waals surface area contributed by atoms with Gasteiger partial charge in [-0.1, -0.05) is 0 Å². The number of rotatable bonds is 5. The van der Waals surface area contributed by atoms with Crippen LogP contribution in [0.2, 0.25) is 0 Å². The molecule has 0 aromatic carbocycles. The molecule has 0 unspecified atom stereocenters. The molecule has 4 heteroatoms. The summed E-state index contributed by atoms with van der Waals surface area (Å²) in [6.07, 6.45) is 4.35. The molecule has 0 saturated carbocycles. The van der Waals surface area contributed by atoms with Gasteiger partial charge in [0, 0.05) is 53.0 Å². The summed E-state index contributed by atoms with van der Waals surface area (Å²) in [6, 6.07) is 0. The van der Waals surface area contributed by atoms with E-state index in [4.69, 9.17) is 9.47 Å². The molecule has 2 rings (SSSR count). The zero-order valence-electron chi connectivity index (χ0n) is 11.1. The fourth-order valence-electron chi connectivity index (χ4n) is 2.66. The monoisotopic (exact) mass is 242 g/mol. The maximum atomic E-state index is 5.80. The first-order chi connectivity index (χ1) is 8.38. The van der Waals surface area contributed by atoms with E-state index < -0.39 is 0 Å². The van der Waals surface area contributed by atoms with Crippen molar-refractivity contribution >= 4 is 0 Å². The molecule has 100 valence electrons. The summed E-state index contributed by atoms with van der Waals surface area (Å²) >= 11 is 0. The van der Waals surface area contributed by atoms with Gasteiger partial charge < -0.3 is 9.47 Å². The average molecular weight is 242 g/mol. The molecule has 0 radical (unpaired) electrons. The first kappa shape index (κ1) is 13.3. The van der Waals surface area contributed by atoms with Crippen molar-refractivity contribution < 1.29 is 9.47 Å². The first-order valence-corrected chi connectivity index (χ1v) is 6.94. The van der Waals surface area contributed by atoms with Crippen molar-refractivity contribution in [3.05, 3.63) is 0 Å². The summed E-state index contributed by atoms with van der Waals surface area (Å²) in [5.41, 5.74) is 0. The van der Waals surface area contributed by atoms with Gasteiger partial charge >= 0.3 is 0 Å². The molecule has 0 aliphatic carbocycles. The zero-order chi connectivity index (χ0) is 11.9. The highest BCUT2D eigenvalue weighted by atomic mass is 16.5. The third-order valence-electron chi connectivity index (χ3n) is 3.81. The Hall–Kier alpha value is -0.160. The molecular formula is C13H26N2O2. The lowest BCUT2D eigenvalue weighted by molar-refractivity contribution is -0.0152. The first-order valence-electron chi connectivity index (χ1n) is 6.94. The van der Waals surface area contributed by atoms with E-state index in [0.29, 0.717) is 6.10 Å². The minimum Gasteiger partial charge on any atom is -0.383 e. The number of ether oxygens (including phenoxy) is 2. The standard InChI is InChI=1S/C13H26N2O2/c1-16-11-9-14-5-7-15(8-6-14)12-13-4-2-3-10-17-13/h13H,2-12H2,1H3/t13-/m0/s1. The van der Waals surface area contributed by atoms with E-state index in [2.05, 4.69) is 9.80 Å². The molecule has 2 heterocycles. The number of nitrogens with zero attached hydrogens (tertiary/aromatic N) is 2. The maximum absolute atomic E-state index is 5.80. The van der Waals surface area contributed by atoms with E-state index in [1.54, 1.807) is 7.11 Å². The fourth-order valence-corrected chi connectivity index (χ4v) is 2.66. The highest BCUT2D eigenvalue weighted by Gasteiger charge is 2.21. The quantitative estimate of drug-likeness (QED) is 0.712. The highest BCUT2D eigenvalue weighted by molar-refractivity contribution is 4.75. The van der Waals surface area contributed by atoms with Crippen LogP contribution in [0, 0.1) is 0 Å². The minimum atomic E-state index is 0.495. The van der Waals surface area contributed by atoms with Gasteiger partial charge in [-0.2, -0.15) is 0 Å². The molecule has 1 atom stereocenters. The molecule has 4 nitrogen and oxygen atoms in total. The fraction of sp³-hybridized carbons (Fsp3) is 1.00. The van der Waals surface area contributed by atoms with Crippen molar-refractivity contribution in [1.82, 2.24) is 9.80 Å². The summed E-state index contributed by atoms with van der Waals surface area (Å²) in [5, 5.41) is 0. The van der Waals surface area contributed by atoms with E-state index in [9.17, 15) is 0 Å². The molecule has 17 heavy (non-hydrogen) atoms. The van der Waals surface area contributed by atoms with Crippen LogP contribution in [0.25, 0.3) is 0 Å². The van der Waals surface area contributed by atoms with E-state index in [1.165, 1.54) is 45.4 Å². The zero-order valence-corrected chi connectivity index (χ0v) is 11.1. The van der Waals surface area contributed by atoms with Crippen LogP contribution in [0.15, 0.2) is 0 Å². The smallest absolute Gasteiger partial charge is 0.0702 e. The largest absolute Gasteiger partial charge is 0.383 e. The second-order valence-electron chi connectivity index (χ2n) is 5.12. The van der Waals surface area contributed by atoms with Crippen LogP contribution in [0.3, 0.4) is 0 Å². The summed E-state index contributed by atoms with van der Waals surface area (Å²) in [4.78, 5) is 5.04. The molecule has 0 aromatic rings. The Kier molecular flexibility index (Phi) is 5.71. The van der Waals surface area contributed by atoms with Crippen molar-refractivity contribution in [1.29, 1.82) is 0 Å². The Morgan fingerprint density at radius 2 is 1.88 bits per heavy atom. The van der Waals surface area contributed by atoms with E-state index in [-0.39, 0.29) is 0 Å². The lowest BCUT2D eigenvalue weighted by Crippen LogP contribution is -2.49. The number of hydrogen-bond acceptors (Lipinski definition) is 4. The van der Waals surface area contributed by atoms with Gasteiger partial charge in [0.1, 0.15) is 0 Å². The summed E-state index contributed by atoms with van der Waals surface area (Å²) in [5.74, 6) is 0. The highest BCUT2D eigenvalue weighted by Crippen LogP contribution is 2.14. The van der Waals surface area contributed by atoms with E-state index in [0.717, 1.165) is 26.3 Å². The molecule has 0 N–H and O–H groups in total. The van der Waals surface area contributed by atoms with Crippen LogP contribution in [-0.2, 0) is 9.47 Å². The van der Waals surface area contributed by atoms with Gasteiger partial charge in [0.2, 0.25) is 0 Å². The number of piperazine rings is 1. The average Bonchev–Trinajstić information content (AvgIpc) is 2.39. The summed E-state index contributed by atoms with van der Waals surface area (Å²) < 4.78 is 10.9. The van der Waals surface area contributed by atoms with Gasteiger partial charge in [-0.3, -0.25) is 9.80 Å². The second-order valence-corrected chi connectivity index (χ2v) is 5.12. The molecule has 0 bridgehead atoms. The lowest BCUT2D eigenvalue weighted by atomic mass is 10.1. The van der Waals surface area contributed by atoms with E-state index in [1.807, 2.05) is 0 Å². The van der Waals surface area contributed by atoms with Gasteiger partial charge in [-0.05, 0) is 19.3 Å². The molecule has 0 spiro atoms. The van der Waals surface area contributed by atoms with Gasteiger partial charge in [0.15, 0.2) is 0 Å². The Morgan fingerprint density at radius 1 is 1.12 bits per heavy atom. The van der Waals surface area contributed by atoms with Gasteiger partial charge in [-0.15, -0.1) is 0 Å². The molecule has 2 saturated heterocycles. The van der Waals surface area contributed by atoms with Crippen molar-refractivity contribution in [3.63, 3.8) is 0 Å². The summed E-state index contributed by atoms with van der Waals surface area (Å²) in [6.45, 7) is 8.76. The van der Waals surface area contributed by atoms with Crippen molar-refractivity contribution in [3.8, 4) is 0 Å². The second kappa shape index (κ2) is 7.31. The topological polar surface area (TPSA) is 24.9 Å². The summed E-state index contributed by atoms with van der Waals surface area (Å²) in [7, 11) is 1.77. The number of methoxy groups -OCH3 is 1. The van der Waals surface area contributed by atoms with Crippen molar-refractivity contribution in [2.75, 3.05) is 59.6 Å². The van der Waals surface area contributed by atoms with E-state index >= 15 is 0 Å². The lowest BCUT2D eigenvalue weighted by Gasteiger charge is -2.37. The third kappa shape index (κ3) is 4.54. The van der Waals surface area contributed by atoms with Crippen molar-refractivity contribution in [2.24, 2.45) is 0 Å². The molecule has 2 aliphatic heterocycles. The minimum absolute atomic E-state index is 0.495. The Morgan fingerprint density at radius 3 is 2.53 bits per heavy atom. The predicted molar refractivity (Wildman–Crippen MR) is 68.3 cm³/mol. The normalized spacial score (nSPS) is 28.4. The molecule has 0 amide bonds. The number of hydrogen-bond donors (Lipinski definition) is 0. The maximum Gasteiger partial charge on any atom is 0.0702 e. The van der Waals surface area contributed by atoms with Crippen LogP contribution >= 0.6 is 0 Å². The molecular weight excluding hydrogens is 216 g/mol. The van der Waals surface area contributed by atoms with Gasteiger partial charge in [0.25, 0.3) is 0 Å². The van der Waals surface area contributed by atoms with Crippen LogP contribution in [0.1, 0.15) is 19.3 Å². The predicted octanol–water partition coefficient (Wildman–Crippen LogP) is 0.819. The van der Waals surface area contributed by atoms with Crippen LogP contribution in [0.4, 0.5) is 0 Å². The molecule has 2 fully saturated rings. The van der Waals surface area contributed by atoms with Crippen molar-refractivity contribution in [2.45, 2.75) is 25.4 Å². The van der Waals surface area contributed by atoms with Crippen LogP contribution in [0.5, 0.6) is 0 Å². The SMILES string of the molecule is COCCN1CCN(C[C@@H]2CCCCO2)CC1. The van der Waals surface area contributed by atoms with Crippen LogP contribution in [-0.4, -0.2) is 75.5 Å². The molecule has 2 aliphatic rings. The Bertz CT molecular complexity index is 200. The van der Waals surface area contributed by atoms with Gasteiger partial charge in [0.05, 0.1) is 12.7 Å². The third-order valence-corrected chi connectivity index (χ3v) is 3.81. The molecule has 0 aromatic heterocycles. The Balaban J connectivity index is 1.61. The Labute approximate surface area is 105 Å².